The Hall–Kier alpha value is -2.03. The number of hydrogen-bond acceptors (Lipinski definition) is 5. The highest BCUT2D eigenvalue weighted by molar-refractivity contribution is 5.63. The Morgan fingerprint density at radius 1 is 1.42 bits per heavy atom. The Morgan fingerprint density at radius 3 is 2.42 bits per heavy atom. The third kappa shape index (κ3) is 3.47. The van der Waals surface area contributed by atoms with Crippen molar-refractivity contribution in [3.63, 3.8) is 0 Å². The third-order valence-electron chi connectivity index (χ3n) is 2.46. The Kier molecular flexibility index (Phi) is 4.54. The predicted molar refractivity (Wildman–Crippen MR) is 59.6 cm³/mol. The molecule has 6 nitrogen and oxygen atoms in total. The highest BCUT2D eigenvalue weighted by Crippen LogP contribution is 2.27. The molecule has 0 aliphatic rings. The van der Waals surface area contributed by atoms with E-state index in [9.17, 15) is 18.3 Å². The molecular weight excluding hydrogens is 263 g/mol. The van der Waals surface area contributed by atoms with Gasteiger partial charge in [-0.1, -0.05) is 5.22 Å². The maximum absolute atomic E-state index is 12.3. The Bertz CT molecular complexity index is 483. The molecule has 0 amide bonds. The quantitative estimate of drug-likeness (QED) is 0.651. The van der Waals surface area contributed by atoms with Crippen LogP contribution in [-0.4, -0.2) is 34.0 Å². The number of hydrogen-bond donors (Lipinski definition) is 2. The van der Waals surface area contributed by atoms with E-state index in [0.717, 1.165) is 17.1 Å². The predicted octanol–water partition coefficient (Wildman–Crippen LogP) is 2.10. The van der Waals surface area contributed by atoms with Crippen LogP contribution in [0.2, 0.25) is 0 Å². The van der Waals surface area contributed by atoms with E-state index in [1.165, 1.54) is 7.05 Å². The van der Waals surface area contributed by atoms with Crippen molar-refractivity contribution in [3.05, 3.63) is 29.2 Å². The summed E-state index contributed by atoms with van der Waals surface area (Å²) in [5.41, 5.74) is 6.56. The van der Waals surface area contributed by atoms with E-state index in [0.29, 0.717) is 5.57 Å². The van der Waals surface area contributed by atoms with Crippen LogP contribution in [0.25, 0.3) is 5.57 Å². The van der Waals surface area contributed by atoms with E-state index in [1.807, 2.05) is 0 Å². The number of allylic oxidation sites excluding steroid dienone is 1. The molecule has 104 valence electrons. The summed E-state index contributed by atoms with van der Waals surface area (Å²) in [6.45, 7) is 1.12. The van der Waals surface area contributed by atoms with Gasteiger partial charge >= 0.3 is 6.18 Å². The van der Waals surface area contributed by atoms with Crippen LogP contribution in [0.3, 0.4) is 0 Å². The van der Waals surface area contributed by atoms with E-state index in [2.05, 4.69) is 15.4 Å². The van der Waals surface area contributed by atoms with Crippen LogP contribution >= 0.6 is 0 Å². The summed E-state index contributed by atoms with van der Waals surface area (Å²) in [7, 11) is 1.43. The van der Waals surface area contributed by atoms with Crippen molar-refractivity contribution in [3.8, 4) is 0 Å². The number of halogens is 3. The number of likely N-dealkylation sites (N-methyl/N-ethyl adjacent to an activating group) is 1. The highest BCUT2D eigenvalue weighted by atomic mass is 19.4. The number of aromatic nitrogens is 2. The minimum atomic E-state index is -4.55. The van der Waals surface area contributed by atoms with Crippen LogP contribution in [0.1, 0.15) is 18.3 Å². The van der Waals surface area contributed by atoms with Gasteiger partial charge < -0.3 is 5.11 Å². The molecule has 0 saturated carbocycles. The third-order valence-corrected chi connectivity index (χ3v) is 2.46. The Morgan fingerprint density at radius 2 is 2.05 bits per heavy atom. The van der Waals surface area contributed by atoms with Crippen LogP contribution in [-0.2, 0) is 6.18 Å². The van der Waals surface area contributed by atoms with Crippen LogP contribution in [0.5, 0.6) is 0 Å². The molecule has 0 atom stereocenters. The van der Waals surface area contributed by atoms with E-state index in [1.54, 1.807) is 6.92 Å². The molecule has 0 fully saturated rings. The minimum Gasteiger partial charge on any atom is -0.390 e. The van der Waals surface area contributed by atoms with Crippen molar-refractivity contribution in [2.45, 2.75) is 13.1 Å². The first kappa shape index (κ1) is 15.0. The molecule has 0 saturated heterocycles. The van der Waals surface area contributed by atoms with Crippen molar-refractivity contribution >= 4 is 5.57 Å². The molecule has 0 spiro atoms. The number of nitrogens with one attached hydrogen (secondary N) is 1. The summed E-state index contributed by atoms with van der Waals surface area (Å²) in [4.78, 5) is 0. The van der Waals surface area contributed by atoms with Gasteiger partial charge in [-0.3, -0.25) is 5.01 Å². The number of nitrogens with zero attached hydrogens (tertiary/aromatic N) is 4. The largest absolute Gasteiger partial charge is 0.435 e. The molecule has 0 aromatic carbocycles. The molecule has 1 aromatic rings. The fourth-order valence-electron chi connectivity index (χ4n) is 1.36. The van der Waals surface area contributed by atoms with Gasteiger partial charge in [0.1, 0.15) is 0 Å². The lowest BCUT2D eigenvalue weighted by atomic mass is 10.1. The van der Waals surface area contributed by atoms with Crippen LogP contribution < -0.4 is 0 Å². The second-order valence-corrected chi connectivity index (χ2v) is 3.65. The smallest absolute Gasteiger partial charge is 0.390 e. The fraction of sp³-hybridized carbons (Fsp3) is 0.400. The van der Waals surface area contributed by atoms with Crippen LogP contribution in [0, 0.1) is 5.53 Å². The van der Waals surface area contributed by atoms with Crippen LogP contribution in [0.4, 0.5) is 13.2 Å². The fourth-order valence-corrected chi connectivity index (χ4v) is 1.36. The lowest BCUT2D eigenvalue weighted by Gasteiger charge is -2.16. The molecule has 19 heavy (non-hydrogen) atoms. The highest BCUT2D eigenvalue weighted by Gasteiger charge is 2.32. The summed E-state index contributed by atoms with van der Waals surface area (Å²) in [5.74, 6) is 0. The van der Waals surface area contributed by atoms with E-state index in [-0.39, 0.29) is 11.4 Å². The SMILES string of the molecule is C/C(=C(/CO)N(C)N=N)c1ccc(C(F)(F)F)nn1. The van der Waals surface area contributed by atoms with Crippen molar-refractivity contribution in [1.82, 2.24) is 15.2 Å². The average molecular weight is 275 g/mol. The summed E-state index contributed by atoms with van der Waals surface area (Å²) in [5, 5.41) is 19.9. The van der Waals surface area contributed by atoms with Crippen LogP contribution in [0.15, 0.2) is 23.1 Å². The zero-order valence-corrected chi connectivity index (χ0v) is 10.2. The van der Waals surface area contributed by atoms with Gasteiger partial charge in [-0.15, -0.1) is 5.10 Å². The standard InChI is InChI=1S/C10H12F3N5O/c1-6(8(5-19)18(2)17-14)7-3-4-9(16-15-7)10(11,12)13/h3-4,14,19H,5H2,1-2H3/b8-6+,17-14?. The first-order chi connectivity index (χ1) is 8.81. The zero-order chi connectivity index (χ0) is 14.6. The molecular formula is C10H12F3N5O. The van der Waals surface area contributed by atoms with Gasteiger partial charge in [0.05, 0.1) is 18.0 Å². The van der Waals surface area contributed by atoms with Gasteiger partial charge in [0.2, 0.25) is 0 Å². The topological polar surface area (TPSA) is 85.5 Å². The second-order valence-electron chi connectivity index (χ2n) is 3.65. The summed E-state index contributed by atoms with van der Waals surface area (Å²) >= 11 is 0. The number of aliphatic hydroxyl groups excluding tert-OH is 1. The zero-order valence-electron chi connectivity index (χ0n) is 10.2. The molecule has 0 unspecified atom stereocenters. The van der Waals surface area contributed by atoms with Crippen molar-refractivity contribution < 1.29 is 18.3 Å². The summed E-state index contributed by atoms with van der Waals surface area (Å²) in [6, 6.07) is 1.96. The average Bonchev–Trinajstić information content (AvgIpc) is 2.38. The van der Waals surface area contributed by atoms with E-state index >= 15 is 0 Å². The molecule has 0 aliphatic heterocycles. The normalized spacial score (nSPS) is 12.9. The molecule has 1 heterocycles. The van der Waals surface area contributed by atoms with Crippen molar-refractivity contribution in [2.75, 3.05) is 13.7 Å². The molecule has 1 rings (SSSR count). The number of rotatable bonds is 4. The first-order valence-electron chi connectivity index (χ1n) is 5.14. The van der Waals surface area contributed by atoms with E-state index in [4.69, 9.17) is 5.53 Å². The summed E-state index contributed by atoms with van der Waals surface area (Å²) in [6.07, 6.45) is -4.55. The maximum atomic E-state index is 12.3. The van der Waals surface area contributed by atoms with Gasteiger partial charge in [-0.05, 0) is 19.1 Å². The van der Waals surface area contributed by atoms with Crippen molar-refractivity contribution in [2.24, 2.45) is 5.22 Å². The van der Waals surface area contributed by atoms with Gasteiger partial charge in [0.25, 0.3) is 0 Å². The molecule has 1 aromatic heterocycles. The van der Waals surface area contributed by atoms with Gasteiger partial charge in [0, 0.05) is 12.6 Å². The lowest BCUT2D eigenvalue weighted by molar-refractivity contribution is -0.141. The minimum absolute atomic E-state index is 0.174. The molecule has 2 N–H and O–H groups in total. The van der Waals surface area contributed by atoms with E-state index < -0.39 is 18.5 Å². The second kappa shape index (κ2) is 5.74. The number of aliphatic hydroxyl groups is 1. The van der Waals surface area contributed by atoms with Gasteiger partial charge in [-0.2, -0.15) is 23.8 Å². The molecule has 0 aliphatic carbocycles. The monoisotopic (exact) mass is 275 g/mol. The number of alkyl halides is 3. The van der Waals surface area contributed by atoms with Gasteiger partial charge in [-0.25, -0.2) is 0 Å². The lowest BCUT2D eigenvalue weighted by Crippen LogP contribution is -2.15. The maximum Gasteiger partial charge on any atom is 0.435 e. The Labute approximate surface area is 107 Å². The molecule has 0 radical (unpaired) electrons. The molecule has 9 heteroatoms. The first-order valence-corrected chi connectivity index (χ1v) is 5.14. The summed E-state index contributed by atoms with van der Waals surface area (Å²) < 4.78 is 37.0. The molecule has 0 bridgehead atoms. The Balaban J connectivity index is 3.16. The van der Waals surface area contributed by atoms with Crippen molar-refractivity contribution in [1.29, 1.82) is 5.53 Å². The van der Waals surface area contributed by atoms with Gasteiger partial charge in [0.15, 0.2) is 5.69 Å².